The van der Waals surface area contributed by atoms with Crippen LogP contribution in [0.3, 0.4) is 0 Å². The number of benzene rings is 1. The lowest BCUT2D eigenvalue weighted by Crippen LogP contribution is -2.42. The molecule has 7 heteroatoms. The van der Waals surface area contributed by atoms with Crippen molar-refractivity contribution in [3.05, 3.63) is 52.3 Å². The summed E-state index contributed by atoms with van der Waals surface area (Å²) < 4.78 is 0. The molecule has 1 fully saturated rings. The van der Waals surface area contributed by atoms with Gasteiger partial charge in [0.2, 0.25) is 5.95 Å². The molecule has 1 amide bonds. The van der Waals surface area contributed by atoms with E-state index in [0.717, 1.165) is 18.4 Å². The van der Waals surface area contributed by atoms with Gasteiger partial charge >= 0.3 is 0 Å². The molecule has 2 heterocycles. The molecule has 1 aliphatic rings. The molecule has 0 unspecified atom stereocenters. The van der Waals surface area contributed by atoms with Gasteiger partial charge in [-0.1, -0.05) is 11.6 Å². The average molecular weight is 373 g/mol. The Labute approximate surface area is 157 Å². The van der Waals surface area contributed by atoms with E-state index >= 15 is 0 Å². The van der Waals surface area contributed by atoms with Gasteiger partial charge < -0.3 is 10.2 Å². The van der Waals surface area contributed by atoms with E-state index < -0.39 is 0 Å². The van der Waals surface area contributed by atoms with Crippen LogP contribution < -0.4 is 5.32 Å². The van der Waals surface area contributed by atoms with Gasteiger partial charge in [0.15, 0.2) is 5.78 Å². The molecule has 1 atom stereocenters. The van der Waals surface area contributed by atoms with E-state index in [2.05, 4.69) is 15.3 Å². The lowest BCUT2D eigenvalue weighted by atomic mass is 9.88. The van der Waals surface area contributed by atoms with Crippen LogP contribution in [0.2, 0.25) is 5.02 Å². The van der Waals surface area contributed by atoms with Gasteiger partial charge in [0.25, 0.3) is 5.91 Å². The molecule has 0 saturated carbocycles. The minimum atomic E-state index is -0.204. The molecule has 3 rings (SSSR count). The number of aryl methyl sites for hydroxylation is 1. The Morgan fingerprint density at radius 1 is 1.27 bits per heavy atom. The number of nitrogens with zero attached hydrogens (tertiary/aromatic N) is 3. The number of likely N-dealkylation sites (tertiary alicyclic amines) is 1. The van der Waals surface area contributed by atoms with Gasteiger partial charge in [-0.25, -0.2) is 9.97 Å². The fourth-order valence-corrected chi connectivity index (χ4v) is 3.48. The van der Waals surface area contributed by atoms with Crippen LogP contribution in [-0.2, 0) is 0 Å². The summed E-state index contributed by atoms with van der Waals surface area (Å²) in [6.45, 7) is 2.93. The predicted octanol–water partition coefficient (Wildman–Crippen LogP) is 3.22. The number of nitrogens with one attached hydrogen (secondary N) is 1. The van der Waals surface area contributed by atoms with Crippen molar-refractivity contribution in [1.82, 2.24) is 14.9 Å². The Balaban J connectivity index is 1.73. The van der Waals surface area contributed by atoms with Crippen LogP contribution >= 0.6 is 11.6 Å². The lowest BCUT2D eigenvalue weighted by Gasteiger charge is -2.32. The number of amides is 1. The third-order valence-corrected chi connectivity index (χ3v) is 4.89. The zero-order chi connectivity index (χ0) is 18.7. The van der Waals surface area contributed by atoms with Crippen LogP contribution in [0.1, 0.15) is 39.1 Å². The number of hydrogen-bond acceptors (Lipinski definition) is 5. The van der Waals surface area contributed by atoms with Crippen LogP contribution in [0.25, 0.3) is 0 Å². The summed E-state index contributed by atoms with van der Waals surface area (Å²) in [5.41, 5.74) is 1.97. The molecule has 2 aromatic rings. The van der Waals surface area contributed by atoms with Gasteiger partial charge in [0.1, 0.15) is 0 Å². The SMILES string of the molecule is CNc1ncc(C(=O)N2CCC[C@@H](C(=O)c3ccc(Cl)cc3C)C2)cn1. The molecular weight excluding hydrogens is 352 g/mol. The fourth-order valence-electron chi connectivity index (χ4n) is 3.25. The maximum absolute atomic E-state index is 12.9. The number of carbonyl (C=O) groups is 2. The second-order valence-corrected chi connectivity index (χ2v) is 6.90. The van der Waals surface area contributed by atoms with Crippen molar-refractivity contribution in [2.75, 3.05) is 25.5 Å². The second kappa shape index (κ2) is 7.83. The van der Waals surface area contributed by atoms with Crippen LogP contribution in [0, 0.1) is 12.8 Å². The standard InChI is InChI=1S/C19H21ClN4O2/c1-12-8-15(20)5-6-16(12)17(25)13-4-3-7-24(11-13)18(26)14-9-22-19(21-2)23-10-14/h5-6,8-10,13H,3-4,7,11H2,1-2H3,(H,21,22,23)/t13-/m1/s1. The molecule has 0 spiro atoms. The maximum Gasteiger partial charge on any atom is 0.257 e. The van der Waals surface area contributed by atoms with Crippen molar-refractivity contribution in [3.8, 4) is 0 Å². The highest BCUT2D eigenvalue weighted by Crippen LogP contribution is 2.25. The predicted molar refractivity (Wildman–Crippen MR) is 101 cm³/mol. The van der Waals surface area contributed by atoms with Gasteiger partial charge in [0, 0.05) is 49.0 Å². The first-order valence-corrected chi connectivity index (χ1v) is 8.97. The molecule has 0 bridgehead atoms. The number of halogens is 1. The molecule has 26 heavy (non-hydrogen) atoms. The third-order valence-electron chi connectivity index (χ3n) is 4.66. The summed E-state index contributed by atoms with van der Waals surface area (Å²) in [6, 6.07) is 5.29. The summed E-state index contributed by atoms with van der Waals surface area (Å²) in [4.78, 5) is 35.5. The Morgan fingerprint density at radius 3 is 2.65 bits per heavy atom. The third kappa shape index (κ3) is 3.85. The van der Waals surface area contributed by atoms with E-state index in [-0.39, 0.29) is 17.6 Å². The van der Waals surface area contributed by atoms with Gasteiger partial charge in [-0.3, -0.25) is 9.59 Å². The van der Waals surface area contributed by atoms with E-state index in [0.29, 0.717) is 35.2 Å². The quantitative estimate of drug-likeness (QED) is 0.834. The number of anilines is 1. The Morgan fingerprint density at radius 2 is 2.00 bits per heavy atom. The van der Waals surface area contributed by atoms with E-state index in [9.17, 15) is 9.59 Å². The van der Waals surface area contributed by atoms with E-state index in [1.165, 1.54) is 12.4 Å². The number of ketones is 1. The number of carbonyl (C=O) groups excluding carboxylic acids is 2. The minimum Gasteiger partial charge on any atom is -0.357 e. The molecule has 0 radical (unpaired) electrons. The van der Waals surface area contributed by atoms with Crippen molar-refractivity contribution < 1.29 is 9.59 Å². The number of hydrogen-bond donors (Lipinski definition) is 1. The number of Topliss-reactive ketones (excluding diaryl/α,β-unsaturated/α-hetero) is 1. The van der Waals surface area contributed by atoms with Crippen molar-refractivity contribution >= 4 is 29.2 Å². The summed E-state index contributed by atoms with van der Waals surface area (Å²) in [5, 5.41) is 3.44. The maximum atomic E-state index is 12.9. The van der Waals surface area contributed by atoms with Crippen LogP contribution in [0.15, 0.2) is 30.6 Å². The highest BCUT2D eigenvalue weighted by molar-refractivity contribution is 6.30. The van der Waals surface area contributed by atoms with E-state index in [1.54, 1.807) is 30.1 Å². The van der Waals surface area contributed by atoms with Gasteiger partial charge in [-0.15, -0.1) is 0 Å². The Kier molecular flexibility index (Phi) is 5.52. The number of aromatic nitrogens is 2. The van der Waals surface area contributed by atoms with Gasteiger partial charge in [-0.05, 0) is 43.5 Å². The molecule has 1 N–H and O–H groups in total. The molecule has 1 aliphatic heterocycles. The lowest BCUT2D eigenvalue weighted by molar-refractivity contribution is 0.0636. The largest absolute Gasteiger partial charge is 0.357 e. The van der Waals surface area contributed by atoms with Crippen molar-refractivity contribution in [3.63, 3.8) is 0 Å². The summed E-state index contributed by atoms with van der Waals surface area (Å²) in [7, 11) is 1.72. The summed E-state index contributed by atoms with van der Waals surface area (Å²) in [6.07, 6.45) is 4.59. The summed E-state index contributed by atoms with van der Waals surface area (Å²) in [5.74, 6) is 0.188. The van der Waals surface area contributed by atoms with Crippen molar-refractivity contribution in [2.45, 2.75) is 19.8 Å². The molecule has 1 aromatic carbocycles. The van der Waals surface area contributed by atoms with Gasteiger partial charge in [-0.2, -0.15) is 0 Å². The highest BCUT2D eigenvalue weighted by atomic mass is 35.5. The summed E-state index contributed by atoms with van der Waals surface area (Å²) >= 11 is 5.98. The molecule has 136 valence electrons. The zero-order valence-corrected chi connectivity index (χ0v) is 15.6. The first-order valence-electron chi connectivity index (χ1n) is 8.59. The molecular formula is C19H21ClN4O2. The smallest absolute Gasteiger partial charge is 0.257 e. The number of rotatable bonds is 4. The number of piperidine rings is 1. The zero-order valence-electron chi connectivity index (χ0n) is 14.8. The molecule has 1 saturated heterocycles. The van der Waals surface area contributed by atoms with Crippen molar-refractivity contribution in [1.29, 1.82) is 0 Å². The van der Waals surface area contributed by atoms with Crippen LogP contribution in [-0.4, -0.2) is 46.7 Å². The normalized spacial score (nSPS) is 17.0. The Bertz CT molecular complexity index is 823. The van der Waals surface area contributed by atoms with Crippen LogP contribution in [0.4, 0.5) is 5.95 Å². The average Bonchev–Trinajstić information content (AvgIpc) is 2.67. The minimum absolute atomic E-state index is 0.0680. The van der Waals surface area contributed by atoms with E-state index in [4.69, 9.17) is 11.6 Å². The molecule has 0 aliphatic carbocycles. The Hall–Kier alpha value is -2.47. The molecule has 1 aromatic heterocycles. The molecule has 6 nitrogen and oxygen atoms in total. The monoisotopic (exact) mass is 372 g/mol. The van der Waals surface area contributed by atoms with Gasteiger partial charge in [0.05, 0.1) is 5.56 Å². The highest BCUT2D eigenvalue weighted by Gasteiger charge is 2.30. The first kappa shape index (κ1) is 18.3. The fraction of sp³-hybridized carbons (Fsp3) is 0.368. The van der Waals surface area contributed by atoms with Crippen LogP contribution in [0.5, 0.6) is 0 Å². The van der Waals surface area contributed by atoms with Crippen molar-refractivity contribution in [2.24, 2.45) is 5.92 Å². The van der Waals surface area contributed by atoms with E-state index in [1.807, 2.05) is 6.92 Å². The first-order chi connectivity index (χ1) is 12.5. The second-order valence-electron chi connectivity index (χ2n) is 6.46. The topological polar surface area (TPSA) is 75.2 Å².